The van der Waals surface area contributed by atoms with Gasteiger partial charge in [-0.1, -0.05) is 25.6 Å². The molecule has 0 aliphatic heterocycles. The Bertz CT molecular complexity index is 81.1. The van der Waals surface area contributed by atoms with Crippen molar-refractivity contribution in [2.75, 3.05) is 0 Å². The van der Waals surface area contributed by atoms with Gasteiger partial charge in [-0.25, -0.2) is 0 Å². The molecule has 0 N–H and O–H groups in total. The van der Waals surface area contributed by atoms with Crippen LogP contribution in [-0.2, 0) is 0 Å². The Balaban J connectivity index is 2.69. The highest BCUT2D eigenvalue weighted by Gasteiger charge is 1.84. The first kappa shape index (κ1) is 8.62. The van der Waals surface area contributed by atoms with Gasteiger partial charge in [-0.3, -0.25) is 0 Å². The molecule has 0 aromatic heterocycles. The highest BCUT2D eigenvalue weighted by Crippen LogP contribution is 2.02. The second kappa shape index (κ2) is 7.62. The molecule has 0 unspecified atom stereocenters. The fraction of sp³-hybridized carbons (Fsp3) is 0.750. The highest BCUT2D eigenvalue weighted by molar-refractivity contribution is 6.08. The molecule has 0 rings (SSSR count). The van der Waals surface area contributed by atoms with Crippen LogP contribution in [0.1, 0.15) is 32.1 Å². The molecule has 0 fully saturated rings. The quantitative estimate of drug-likeness (QED) is 0.295. The lowest BCUT2D eigenvalue weighted by atomic mass is 9.99. The molecule has 0 nitrogen and oxygen atoms in total. The van der Waals surface area contributed by atoms with Crippen molar-refractivity contribution in [3.05, 3.63) is 0 Å². The molecule has 0 aromatic carbocycles. The lowest BCUT2D eigenvalue weighted by Gasteiger charge is -1.93. The molecule has 0 atom stereocenters. The van der Waals surface area contributed by atoms with E-state index in [2.05, 4.69) is 13.8 Å². The van der Waals surface area contributed by atoms with E-state index in [1.165, 1.54) is 32.0 Å². The van der Waals surface area contributed by atoms with E-state index in [1.807, 2.05) is 0 Å². The molecule has 0 radical (unpaired) electrons. The van der Waals surface area contributed by atoms with Crippen LogP contribution in [0.25, 0.3) is 0 Å². The molecular weight excluding hydrogens is 107 g/mol. The van der Waals surface area contributed by atoms with E-state index in [1.54, 1.807) is 0 Å². The summed E-state index contributed by atoms with van der Waals surface area (Å²) in [4.78, 5) is 0. The summed E-state index contributed by atoms with van der Waals surface area (Å²) in [5.74, 6) is 2.64. The van der Waals surface area contributed by atoms with Crippen molar-refractivity contribution in [2.24, 2.45) is 0 Å². The SMILES string of the molecule is BCCCCCCC#C. The zero-order valence-electron chi connectivity index (χ0n) is 6.32. The fourth-order valence-electron chi connectivity index (χ4n) is 0.831. The molecule has 0 saturated carbocycles. The van der Waals surface area contributed by atoms with Gasteiger partial charge in [0.15, 0.2) is 0 Å². The van der Waals surface area contributed by atoms with Crippen LogP contribution >= 0.6 is 0 Å². The minimum Gasteiger partial charge on any atom is -0.120 e. The molecule has 0 heterocycles. The Labute approximate surface area is 59.4 Å². The Kier molecular flexibility index (Phi) is 7.31. The van der Waals surface area contributed by atoms with Gasteiger partial charge in [0.1, 0.15) is 7.85 Å². The predicted octanol–water partition coefficient (Wildman–Crippen LogP) is 1.62. The molecule has 50 valence electrons. The van der Waals surface area contributed by atoms with Crippen LogP contribution in [0.4, 0.5) is 0 Å². The van der Waals surface area contributed by atoms with Crippen LogP contribution in [0.2, 0.25) is 6.32 Å². The normalized spacial score (nSPS) is 8.78. The highest BCUT2D eigenvalue weighted by atomic mass is 13.9. The minimum absolute atomic E-state index is 0.962. The number of rotatable bonds is 5. The Morgan fingerprint density at radius 3 is 2.33 bits per heavy atom. The summed E-state index contributed by atoms with van der Waals surface area (Å²) in [5.41, 5.74) is 0. The first-order valence-electron chi connectivity index (χ1n) is 3.85. The second-order valence-electron chi connectivity index (χ2n) is 2.37. The zero-order chi connectivity index (χ0) is 6.95. The second-order valence-corrected chi connectivity index (χ2v) is 2.37. The van der Waals surface area contributed by atoms with Crippen molar-refractivity contribution in [3.8, 4) is 12.3 Å². The summed E-state index contributed by atoms with van der Waals surface area (Å²) in [6.07, 6.45) is 12.6. The maximum Gasteiger partial charge on any atom is 0.101 e. The third-order valence-electron chi connectivity index (χ3n) is 1.42. The van der Waals surface area contributed by atoms with Gasteiger partial charge in [-0.05, 0) is 6.42 Å². The van der Waals surface area contributed by atoms with Gasteiger partial charge in [-0.15, -0.1) is 12.3 Å². The number of unbranched alkanes of at least 4 members (excludes halogenated alkanes) is 4. The molecule has 0 bridgehead atoms. The summed E-state index contributed by atoms with van der Waals surface area (Å²) in [6.45, 7) is 0. The maximum absolute atomic E-state index is 5.09. The van der Waals surface area contributed by atoms with E-state index in [4.69, 9.17) is 6.42 Å². The van der Waals surface area contributed by atoms with Crippen LogP contribution in [-0.4, -0.2) is 7.85 Å². The van der Waals surface area contributed by atoms with Crippen molar-refractivity contribution in [3.63, 3.8) is 0 Å². The summed E-state index contributed by atoms with van der Waals surface area (Å²) in [7, 11) is 2.22. The molecule has 0 saturated heterocycles. The zero-order valence-corrected chi connectivity index (χ0v) is 6.32. The first-order valence-corrected chi connectivity index (χ1v) is 3.85. The molecule has 0 aliphatic carbocycles. The van der Waals surface area contributed by atoms with Crippen molar-refractivity contribution >= 4 is 7.85 Å². The van der Waals surface area contributed by atoms with Gasteiger partial charge in [0, 0.05) is 6.42 Å². The van der Waals surface area contributed by atoms with Crippen LogP contribution in [0, 0.1) is 12.3 Å². The smallest absolute Gasteiger partial charge is 0.101 e. The molecule has 1 heteroatoms. The third kappa shape index (κ3) is 7.62. The van der Waals surface area contributed by atoms with E-state index >= 15 is 0 Å². The van der Waals surface area contributed by atoms with Crippen molar-refractivity contribution in [1.82, 2.24) is 0 Å². The maximum atomic E-state index is 5.09. The lowest BCUT2D eigenvalue weighted by Crippen LogP contribution is -1.76. The van der Waals surface area contributed by atoms with Crippen LogP contribution < -0.4 is 0 Å². The average Bonchev–Trinajstić information content (AvgIpc) is 1.89. The summed E-state index contributed by atoms with van der Waals surface area (Å²) >= 11 is 0. The topological polar surface area (TPSA) is 0 Å². The van der Waals surface area contributed by atoms with Crippen molar-refractivity contribution in [2.45, 2.75) is 38.4 Å². The van der Waals surface area contributed by atoms with E-state index in [0.29, 0.717) is 0 Å². The van der Waals surface area contributed by atoms with E-state index in [9.17, 15) is 0 Å². The number of hydrogen-bond acceptors (Lipinski definition) is 0. The van der Waals surface area contributed by atoms with Crippen LogP contribution in [0.15, 0.2) is 0 Å². The van der Waals surface area contributed by atoms with Crippen molar-refractivity contribution < 1.29 is 0 Å². The molecular formula is C8H15B. The number of terminal acetylenes is 1. The third-order valence-corrected chi connectivity index (χ3v) is 1.42. The van der Waals surface area contributed by atoms with E-state index < -0.39 is 0 Å². The average molecular weight is 122 g/mol. The minimum atomic E-state index is 0.962. The lowest BCUT2D eigenvalue weighted by molar-refractivity contribution is 0.679. The molecule has 0 amide bonds. The van der Waals surface area contributed by atoms with E-state index in [-0.39, 0.29) is 0 Å². The number of hydrogen-bond donors (Lipinski definition) is 0. The fourth-order valence-corrected chi connectivity index (χ4v) is 0.831. The Morgan fingerprint density at radius 1 is 1.11 bits per heavy atom. The summed E-state index contributed by atoms with van der Waals surface area (Å²) < 4.78 is 0. The van der Waals surface area contributed by atoms with Gasteiger partial charge in [0.2, 0.25) is 0 Å². The van der Waals surface area contributed by atoms with Gasteiger partial charge >= 0.3 is 0 Å². The molecule has 0 aromatic rings. The standard InChI is InChI=1S/C8H15B/c1-2-3-4-5-6-7-8-9/h1H,3-9H2. The van der Waals surface area contributed by atoms with Crippen molar-refractivity contribution in [1.29, 1.82) is 0 Å². The summed E-state index contributed by atoms with van der Waals surface area (Å²) in [6, 6.07) is 0. The Morgan fingerprint density at radius 2 is 1.78 bits per heavy atom. The van der Waals surface area contributed by atoms with Crippen LogP contribution in [0.5, 0.6) is 0 Å². The monoisotopic (exact) mass is 122 g/mol. The molecule has 0 aliphatic rings. The van der Waals surface area contributed by atoms with Gasteiger partial charge in [0.05, 0.1) is 0 Å². The predicted molar refractivity (Wildman–Crippen MR) is 45.3 cm³/mol. The van der Waals surface area contributed by atoms with Gasteiger partial charge < -0.3 is 0 Å². The first-order chi connectivity index (χ1) is 4.41. The molecule has 9 heavy (non-hydrogen) atoms. The van der Waals surface area contributed by atoms with Crippen LogP contribution in [0.3, 0.4) is 0 Å². The summed E-state index contributed by atoms with van der Waals surface area (Å²) in [5, 5.41) is 0. The largest absolute Gasteiger partial charge is 0.120 e. The molecule has 0 spiro atoms. The van der Waals surface area contributed by atoms with E-state index in [0.717, 1.165) is 6.42 Å². The van der Waals surface area contributed by atoms with Gasteiger partial charge in [0.25, 0.3) is 0 Å². The Hall–Kier alpha value is -0.375. The van der Waals surface area contributed by atoms with Gasteiger partial charge in [-0.2, -0.15) is 0 Å².